The van der Waals surface area contributed by atoms with Crippen LogP contribution in [-0.4, -0.2) is 22.1 Å². The summed E-state index contributed by atoms with van der Waals surface area (Å²) in [7, 11) is 0. The number of hydrogen-bond acceptors (Lipinski definition) is 4. The fourth-order valence-electron chi connectivity index (χ4n) is 3.37. The van der Waals surface area contributed by atoms with Crippen LogP contribution in [0.15, 0.2) is 47.4 Å². The van der Waals surface area contributed by atoms with Crippen LogP contribution in [0.25, 0.3) is 16.7 Å². The van der Waals surface area contributed by atoms with Crippen molar-refractivity contribution in [2.75, 3.05) is 11.9 Å². The van der Waals surface area contributed by atoms with Gasteiger partial charge in [-0.3, -0.25) is 14.2 Å². The van der Waals surface area contributed by atoms with E-state index in [1.54, 1.807) is 22.9 Å². The van der Waals surface area contributed by atoms with E-state index in [1.165, 1.54) is 6.92 Å². The molecule has 0 radical (unpaired) electrons. The van der Waals surface area contributed by atoms with Crippen molar-refractivity contribution in [2.24, 2.45) is 0 Å². The molecule has 1 aromatic carbocycles. The first-order valence-electron chi connectivity index (χ1n) is 8.68. The molecular formula is C20H19N3O3. The molecule has 3 aromatic rings. The Labute approximate surface area is 150 Å². The van der Waals surface area contributed by atoms with Crippen molar-refractivity contribution < 1.29 is 9.53 Å². The molecule has 0 aliphatic carbocycles. The van der Waals surface area contributed by atoms with Gasteiger partial charge in [0.15, 0.2) is 5.65 Å². The highest BCUT2D eigenvalue weighted by atomic mass is 16.5. The number of carbonyl (C=O) groups is 1. The Kier molecular flexibility index (Phi) is 4.16. The molecule has 1 amide bonds. The Hall–Kier alpha value is -3.15. The minimum Gasteiger partial charge on any atom is -0.492 e. The zero-order valence-electron chi connectivity index (χ0n) is 14.5. The number of hydrogen-bond donors (Lipinski definition) is 1. The Morgan fingerprint density at radius 2 is 2.12 bits per heavy atom. The molecule has 6 heteroatoms. The summed E-state index contributed by atoms with van der Waals surface area (Å²) in [4.78, 5) is 29.1. The molecule has 0 spiro atoms. The Bertz CT molecular complexity index is 1060. The largest absolute Gasteiger partial charge is 0.492 e. The highest BCUT2D eigenvalue weighted by Crippen LogP contribution is 2.31. The van der Waals surface area contributed by atoms with Crippen molar-refractivity contribution in [3.8, 4) is 11.4 Å². The van der Waals surface area contributed by atoms with Gasteiger partial charge in [-0.25, -0.2) is 4.98 Å². The predicted molar refractivity (Wildman–Crippen MR) is 100 cm³/mol. The summed E-state index contributed by atoms with van der Waals surface area (Å²) >= 11 is 0. The van der Waals surface area contributed by atoms with Crippen LogP contribution in [0.1, 0.15) is 25.3 Å². The van der Waals surface area contributed by atoms with Crippen LogP contribution in [0.4, 0.5) is 5.69 Å². The van der Waals surface area contributed by atoms with Gasteiger partial charge in [0.05, 0.1) is 23.2 Å². The number of aromatic nitrogens is 2. The van der Waals surface area contributed by atoms with E-state index >= 15 is 0 Å². The summed E-state index contributed by atoms with van der Waals surface area (Å²) in [6, 6.07) is 11.0. The second-order valence-corrected chi connectivity index (χ2v) is 6.36. The quantitative estimate of drug-likeness (QED) is 0.772. The van der Waals surface area contributed by atoms with E-state index in [2.05, 4.69) is 10.3 Å². The van der Waals surface area contributed by atoms with Crippen molar-refractivity contribution >= 4 is 22.6 Å². The molecular weight excluding hydrogens is 330 g/mol. The summed E-state index contributed by atoms with van der Waals surface area (Å²) in [5.74, 6) is 0.498. The molecule has 132 valence electrons. The standard InChI is InChI=1S/C20H19N3O3/c1-13(24)22-14-6-4-7-15(12-14)23-19-16(9-5-10-21-19)18-17(20(23)25)8-2-3-11-26-18/h4-7,9-10,12H,2-3,8,11H2,1H3,(H,22,24). The van der Waals surface area contributed by atoms with E-state index in [0.717, 1.165) is 18.2 Å². The molecule has 6 nitrogen and oxygen atoms in total. The van der Waals surface area contributed by atoms with Crippen LogP contribution >= 0.6 is 0 Å². The summed E-state index contributed by atoms with van der Waals surface area (Å²) < 4.78 is 7.50. The van der Waals surface area contributed by atoms with Crippen LogP contribution in [0.3, 0.4) is 0 Å². The van der Waals surface area contributed by atoms with E-state index in [1.807, 2.05) is 24.3 Å². The first-order valence-corrected chi connectivity index (χ1v) is 8.68. The number of ether oxygens (including phenoxy) is 1. The van der Waals surface area contributed by atoms with E-state index in [-0.39, 0.29) is 11.5 Å². The number of nitrogens with one attached hydrogen (secondary N) is 1. The Morgan fingerprint density at radius 1 is 1.23 bits per heavy atom. The number of amides is 1. The number of fused-ring (bicyclic) bond motifs is 3. The summed E-state index contributed by atoms with van der Waals surface area (Å²) in [6.07, 6.45) is 4.19. The predicted octanol–water partition coefficient (Wildman–Crippen LogP) is 3.06. The van der Waals surface area contributed by atoms with Crippen molar-refractivity contribution in [1.29, 1.82) is 0 Å². The third-order valence-electron chi connectivity index (χ3n) is 4.47. The molecule has 1 aliphatic rings. The van der Waals surface area contributed by atoms with Crippen LogP contribution in [-0.2, 0) is 11.2 Å². The van der Waals surface area contributed by atoms with Crippen LogP contribution in [0, 0.1) is 0 Å². The number of nitrogens with zero attached hydrogens (tertiary/aromatic N) is 2. The normalized spacial score (nSPS) is 13.6. The van der Waals surface area contributed by atoms with Crippen molar-refractivity contribution in [3.05, 3.63) is 58.5 Å². The molecule has 3 heterocycles. The van der Waals surface area contributed by atoms with Gasteiger partial charge in [-0.05, 0) is 49.6 Å². The second kappa shape index (κ2) is 6.63. The minimum absolute atomic E-state index is 0.118. The third kappa shape index (κ3) is 2.83. The van der Waals surface area contributed by atoms with Gasteiger partial charge >= 0.3 is 0 Å². The molecule has 0 atom stereocenters. The van der Waals surface area contributed by atoms with E-state index in [4.69, 9.17) is 4.74 Å². The van der Waals surface area contributed by atoms with Gasteiger partial charge in [-0.15, -0.1) is 0 Å². The van der Waals surface area contributed by atoms with Gasteiger partial charge in [0.1, 0.15) is 5.75 Å². The molecule has 0 unspecified atom stereocenters. The lowest BCUT2D eigenvalue weighted by atomic mass is 10.1. The molecule has 1 N–H and O–H groups in total. The highest BCUT2D eigenvalue weighted by Gasteiger charge is 2.21. The zero-order chi connectivity index (χ0) is 18.1. The van der Waals surface area contributed by atoms with Gasteiger partial charge in [-0.1, -0.05) is 6.07 Å². The molecule has 0 fully saturated rings. The topological polar surface area (TPSA) is 73.2 Å². The maximum atomic E-state index is 13.3. The van der Waals surface area contributed by atoms with E-state index in [9.17, 15) is 9.59 Å². The number of anilines is 1. The number of benzene rings is 1. The van der Waals surface area contributed by atoms with E-state index < -0.39 is 0 Å². The summed E-state index contributed by atoms with van der Waals surface area (Å²) in [5, 5.41) is 3.58. The average molecular weight is 349 g/mol. The van der Waals surface area contributed by atoms with Gasteiger partial charge in [-0.2, -0.15) is 0 Å². The lowest BCUT2D eigenvalue weighted by Gasteiger charge is -2.16. The summed E-state index contributed by atoms with van der Waals surface area (Å²) in [6.45, 7) is 2.06. The first-order chi connectivity index (χ1) is 12.6. The smallest absolute Gasteiger partial charge is 0.263 e. The molecule has 0 bridgehead atoms. The van der Waals surface area contributed by atoms with Crippen molar-refractivity contribution in [1.82, 2.24) is 9.55 Å². The van der Waals surface area contributed by atoms with Gasteiger partial charge < -0.3 is 10.1 Å². The molecule has 1 aliphatic heterocycles. The maximum Gasteiger partial charge on any atom is 0.263 e. The molecule has 2 aromatic heterocycles. The van der Waals surface area contributed by atoms with Gasteiger partial charge in [0.2, 0.25) is 5.91 Å². The third-order valence-corrected chi connectivity index (χ3v) is 4.47. The monoisotopic (exact) mass is 349 g/mol. The number of rotatable bonds is 2. The van der Waals surface area contributed by atoms with Gasteiger partial charge in [0, 0.05) is 18.8 Å². The lowest BCUT2D eigenvalue weighted by Crippen LogP contribution is -2.24. The van der Waals surface area contributed by atoms with Crippen molar-refractivity contribution in [2.45, 2.75) is 26.2 Å². The highest BCUT2D eigenvalue weighted by molar-refractivity contribution is 5.89. The molecule has 4 rings (SSSR count). The zero-order valence-corrected chi connectivity index (χ0v) is 14.5. The van der Waals surface area contributed by atoms with Crippen LogP contribution in [0.5, 0.6) is 5.75 Å². The minimum atomic E-state index is -0.159. The Morgan fingerprint density at radius 3 is 2.96 bits per heavy atom. The fraction of sp³-hybridized carbons (Fsp3) is 0.250. The van der Waals surface area contributed by atoms with E-state index in [0.29, 0.717) is 41.4 Å². The average Bonchev–Trinajstić information content (AvgIpc) is 2.88. The first kappa shape index (κ1) is 16.3. The molecule has 0 saturated heterocycles. The lowest BCUT2D eigenvalue weighted by molar-refractivity contribution is -0.114. The summed E-state index contributed by atoms with van der Waals surface area (Å²) in [5.41, 5.74) is 2.42. The SMILES string of the molecule is CC(=O)Nc1cccc(-n2c(=O)c3c(c4cccnc42)OCCCC3)c1. The second-order valence-electron chi connectivity index (χ2n) is 6.36. The fourth-order valence-corrected chi connectivity index (χ4v) is 3.37. The van der Waals surface area contributed by atoms with Gasteiger partial charge in [0.25, 0.3) is 5.56 Å². The van der Waals surface area contributed by atoms with Crippen LogP contribution < -0.4 is 15.6 Å². The molecule has 0 saturated carbocycles. The number of carbonyl (C=O) groups excluding carboxylic acids is 1. The maximum absolute atomic E-state index is 13.3. The Balaban J connectivity index is 2.00. The number of pyridine rings is 2. The van der Waals surface area contributed by atoms with Crippen molar-refractivity contribution in [3.63, 3.8) is 0 Å². The molecule has 26 heavy (non-hydrogen) atoms. The van der Waals surface area contributed by atoms with Crippen LogP contribution in [0.2, 0.25) is 0 Å².